The third-order valence-corrected chi connectivity index (χ3v) is 5.46. The fraction of sp³-hybridized carbons (Fsp3) is 0.261. The Kier molecular flexibility index (Phi) is 6.40. The molecule has 0 N–H and O–H groups in total. The van der Waals surface area contributed by atoms with E-state index >= 15 is 0 Å². The maximum atomic E-state index is 13.2. The van der Waals surface area contributed by atoms with Gasteiger partial charge >= 0.3 is 0 Å². The van der Waals surface area contributed by atoms with Crippen LogP contribution < -0.4 is 9.64 Å². The summed E-state index contributed by atoms with van der Waals surface area (Å²) < 4.78 is 5.29. The van der Waals surface area contributed by atoms with Crippen molar-refractivity contribution in [3.8, 4) is 11.8 Å². The fourth-order valence-electron chi connectivity index (χ4n) is 2.87. The van der Waals surface area contributed by atoms with E-state index < -0.39 is 0 Å². The summed E-state index contributed by atoms with van der Waals surface area (Å²) in [6.07, 6.45) is 1.78. The van der Waals surface area contributed by atoms with Gasteiger partial charge in [0.25, 0.3) is 5.91 Å². The highest BCUT2D eigenvalue weighted by Gasteiger charge is 2.33. The van der Waals surface area contributed by atoms with Gasteiger partial charge in [-0.15, -0.1) is 0 Å². The van der Waals surface area contributed by atoms with Gasteiger partial charge in [-0.1, -0.05) is 55.9 Å². The van der Waals surface area contributed by atoms with E-state index in [1.165, 1.54) is 22.2 Å². The minimum atomic E-state index is -0.334. The van der Waals surface area contributed by atoms with Crippen LogP contribution in [0.15, 0.2) is 59.2 Å². The lowest BCUT2D eigenvalue weighted by molar-refractivity contribution is -0.113. The maximum Gasteiger partial charge on any atom is 0.283 e. The number of nitrogens with zero attached hydrogens (tertiary/aromatic N) is 3. The van der Waals surface area contributed by atoms with Crippen molar-refractivity contribution in [3.05, 3.63) is 65.4 Å². The number of hydrogen-bond donors (Lipinski definition) is 0. The van der Waals surface area contributed by atoms with Gasteiger partial charge < -0.3 is 4.74 Å². The van der Waals surface area contributed by atoms with E-state index in [9.17, 15) is 10.1 Å². The van der Waals surface area contributed by atoms with Gasteiger partial charge in [-0.25, -0.2) is 4.99 Å². The smallest absolute Gasteiger partial charge is 0.283 e. The van der Waals surface area contributed by atoms with E-state index in [1.807, 2.05) is 30.3 Å². The molecule has 1 heterocycles. The van der Waals surface area contributed by atoms with Crippen LogP contribution in [0.3, 0.4) is 0 Å². The number of thioether (sulfide) groups is 1. The summed E-state index contributed by atoms with van der Waals surface area (Å²) in [5.74, 6) is 0.871. The van der Waals surface area contributed by atoms with Gasteiger partial charge in [-0.05, 0) is 42.2 Å². The van der Waals surface area contributed by atoms with Crippen LogP contribution in [-0.2, 0) is 4.79 Å². The molecule has 1 aliphatic rings. The molecule has 0 spiro atoms. The molecule has 3 rings (SSSR count). The monoisotopic (exact) mass is 405 g/mol. The summed E-state index contributed by atoms with van der Waals surface area (Å²) in [6.45, 7) is 6.07. The number of rotatable bonds is 5. The summed E-state index contributed by atoms with van der Waals surface area (Å²) >= 11 is 1.26. The number of benzene rings is 2. The number of hydrogen-bond acceptors (Lipinski definition) is 5. The van der Waals surface area contributed by atoms with Crippen molar-refractivity contribution in [2.45, 2.75) is 31.9 Å². The first-order chi connectivity index (χ1) is 13.9. The summed E-state index contributed by atoms with van der Waals surface area (Å²) in [4.78, 5) is 19.3. The first-order valence-electron chi connectivity index (χ1n) is 9.38. The first-order valence-corrected chi connectivity index (χ1v) is 10.3. The molecule has 1 atom stereocenters. The number of amidine groups is 1. The van der Waals surface area contributed by atoms with Gasteiger partial charge in [0.2, 0.25) is 0 Å². The largest absolute Gasteiger partial charge is 0.497 e. The number of amides is 1. The van der Waals surface area contributed by atoms with Crippen molar-refractivity contribution in [1.82, 2.24) is 0 Å². The first kappa shape index (κ1) is 20.7. The highest BCUT2D eigenvalue weighted by Crippen LogP contribution is 2.32. The molecule has 1 amide bonds. The number of anilines is 1. The normalized spacial score (nSPS) is 16.1. The highest BCUT2D eigenvalue weighted by molar-refractivity contribution is 8.15. The molecular weight excluding hydrogens is 382 g/mol. The molecule has 6 heteroatoms. The average molecular weight is 406 g/mol. The zero-order valence-electron chi connectivity index (χ0n) is 16.9. The lowest BCUT2D eigenvalue weighted by atomic mass is 10.0. The van der Waals surface area contributed by atoms with E-state index in [-0.39, 0.29) is 11.2 Å². The second kappa shape index (κ2) is 8.97. The zero-order chi connectivity index (χ0) is 21.0. The van der Waals surface area contributed by atoms with Gasteiger partial charge in [0.05, 0.1) is 24.1 Å². The van der Waals surface area contributed by atoms with Crippen LogP contribution in [0, 0.1) is 11.3 Å². The second-order valence-electron chi connectivity index (χ2n) is 6.98. The summed E-state index contributed by atoms with van der Waals surface area (Å²) in [6, 6.07) is 17.5. The number of methoxy groups -OCH3 is 1. The highest BCUT2D eigenvalue weighted by atomic mass is 32.2. The SMILES string of the molecule is COc1cccc(N2C(=O)/C(=C\c3ccc(C(C)C)cc3)N=C2S[C@H](C)C#N)c1. The Morgan fingerprint density at radius 3 is 2.52 bits per heavy atom. The zero-order valence-corrected chi connectivity index (χ0v) is 17.7. The van der Waals surface area contributed by atoms with Crippen molar-refractivity contribution in [1.29, 1.82) is 5.26 Å². The molecule has 29 heavy (non-hydrogen) atoms. The van der Waals surface area contributed by atoms with Crippen LogP contribution in [0.2, 0.25) is 0 Å². The molecule has 2 aromatic rings. The Hall–Kier alpha value is -3.04. The summed E-state index contributed by atoms with van der Waals surface area (Å²) in [5.41, 5.74) is 3.15. The molecule has 0 saturated carbocycles. The molecule has 0 radical (unpaired) electrons. The van der Waals surface area contributed by atoms with E-state index in [1.54, 1.807) is 26.2 Å². The molecule has 2 aromatic carbocycles. The quantitative estimate of drug-likeness (QED) is 0.641. The molecular formula is C23H23N3O2S. The van der Waals surface area contributed by atoms with Crippen molar-refractivity contribution < 1.29 is 9.53 Å². The Balaban J connectivity index is 1.98. The number of aliphatic imine (C=N–C) groups is 1. The Bertz CT molecular complexity index is 1000. The minimum absolute atomic E-state index is 0.223. The summed E-state index contributed by atoms with van der Waals surface area (Å²) in [7, 11) is 1.58. The number of carbonyl (C=O) groups is 1. The van der Waals surface area contributed by atoms with Crippen molar-refractivity contribution in [2.75, 3.05) is 12.0 Å². The predicted octanol–water partition coefficient (Wildman–Crippen LogP) is 5.21. The third-order valence-electron chi connectivity index (χ3n) is 4.51. The standard InChI is InChI=1S/C23H23N3O2S/c1-15(2)18-10-8-17(9-11-18)12-21-22(27)26(23(25-21)29-16(3)14-24)19-6-5-7-20(13-19)28-4/h5-13,15-16H,1-4H3/b21-12+/t16-/m1/s1. The molecule has 0 fully saturated rings. The third kappa shape index (κ3) is 4.69. The van der Waals surface area contributed by atoms with E-state index in [2.05, 4.69) is 37.0 Å². The van der Waals surface area contributed by atoms with Crippen molar-refractivity contribution in [3.63, 3.8) is 0 Å². The van der Waals surface area contributed by atoms with Crippen LogP contribution in [0.4, 0.5) is 5.69 Å². The molecule has 0 unspecified atom stereocenters. The van der Waals surface area contributed by atoms with E-state index in [4.69, 9.17) is 4.74 Å². The number of carbonyl (C=O) groups excluding carboxylic acids is 1. The molecule has 5 nitrogen and oxygen atoms in total. The Morgan fingerprint density at radius 1 is 1.17 bits per heavy atom. The average Bonchev–Trinajstić information content (AvgIpc) is 3.02. The van der Waals surface area contributed by atoms with Crippen LogP contribution in [0.25, 0.3) is 6.08 Å². The van der Waals surface area contributed by atoms with Gasteiger partial charge in [-0.2, -0.15) is 5.26 Å². The van der Waals surface area contributed by atoms with E-state index in [0.29, 0.717) is 28.2 Å². The van der Waals surface area contributed by atoms with Crippen LogP contribution >= 0.6 is 11.8 Å². The van der Waals surface area contributed by atoms with Crippen LogP contribution in [0.1, 0.15) is 37.8 Å². The van der Waals surface area contributed by atoms with Gasteiger partial charge in [0, 0.05) is 6.07 Å². The van der Waals surface area contributed by atoms with Crippen LogP contribution in [0.5, 0.6) is 5.75 Å². The van der Waals surface area contributed by atoms with Gasteiger partial charge in [0.15, 0.2) is 5.17 Å². The van der Waals surface area contributed by atoms with Crippen molar-refractivity contribution in [2.24, 2.45) is 4.99 Å². The topological polar surface area (TPSA) is 65.7 Å². The molecule has 0 bridgehead atoms. The molecule has 0 aliphatic carbocycles. The molecule has 148 valence electrons. The molecule has 1 aliphatic heterocycles. The lowest BCUT2D eigenvalue weighted by Gasteiger charge is -2.18. The lowest BCUT2D eigenvalue weighted by Crippen LogP contribution is -2.31. The molecule has 0 saturated heterocycles. The van der Waals surface area contributed by atoms with Crippen LogP contribution in [-0.4, -0.2) is 23.4 Å². The van der Waals surface area contributed by atoms with Crippen molar-refractivity contribution >= 4 is 34.6 Å². The second-order valence-corrected chi connectivity index (χ2v) is 8.28. The van der Waals surface area contributed by atoms with E-state index in [0.717, 1.165) is 5.56 Å². The number of ether oxygens (including phenoxy) is 1. The predicted molar refractivity (Wildman–Crippen MR) is 119 cm³/mol. The minimum Gasteiger partial charge on any atom is -0.497 e. The molecule has 0 aromatic heterocycles. The van der Waals surface area contributed by atoms with Gasteiger partial charge in [0.1, 0.15) is 11.4 Å². The summed E-state index contributed by atoms with van der Waals surface area (Å²) in [5, 5.41) is 9.36. The fourth-order valence-corrected chi connectivity index (χ4v) is 3.69. The van der Waals surface area contributed by atoms with Gasteiger partial charge in [-0.3, -0.25) is 9.69 Å². The Morgan fingerprint density at radius 2 is 1.90 bits per heavy atom. The number of nitriles is 1. The maximum absolute atomic E-state index is 13.2. The Labute approximate surface area is 175 Å².